The van der Waals surface area contributed by atoms with Crippen LogP contribution in [0.4, 0.5) is 0 Å². The van der Waals surface area contributed by atoms with Gasteiger partial charge in [0.15, 0.2) is 0 Å². The highest BCUT2D eigenvalue weighted by Gasteiger charge is 2.18. The minimum Gasteiger partial charge on any atom is -0.475 e. The lowest BCUT2D eigenvalue weighted by Gasteiger charge is -2.19. The average Bonchev–Trinajstić information content (AvgIpc) is 2.71. The monoisotopic (exact) mass is 285 g/mol. The number of carboxylic acids is 1. The average molecular weight is 285 g/mol. The van der Waals surface area contributed by atoms with E-state index in [0.29, 0.717) is 5.76 Å². The molecule has 21 heavy (non-hydrogen) atoms. The van der Waals surface area contributed by atoms with Gasteiger partial charge in [0.2, 0.25) is 5.76 Å². The number of rotatable bonds is 3. The van der Waals surface area contributed by atoms with Crippen molar-refractivity contribution in [2.45, 2.75) is 26.3 Å². The smallest absolute Gasteiger partial charge is 0.371 e. The molecule has 4 nitrogen and oxygen atoms in total. The molecular formula is C17H19NO3. The normalized spacial score (nSPS) is 15.5. The van der Waals surface area contributed by atoms with E-state index in [1.165, 1.54) is 11.1 Å². The van der Waals surface area contributed by atoms with E-state index in [1.807, 2.05) is 6.92 Å². The van der Waals surface area contributed by atoms with Gasteiger partial charge in [-0.2, -0.15) is 0 Å². The Labute approximate surface area is 124 Å². The molecule has 0 bridgehead atoms. The molecule has 1 aliphatic heterocycles. The quantitative estimate of drug-likeness (QED) is 0.942. The van der Waals surface area contributed by atoms with Crippen molar-refractivity contribution < 1.29 is 14.3 Å². The number of carboxylic acid groups (broad SMARTS) is 1. The van der Waals surface area contributed by atoms with Gasteiger partial charge in [-0.15, -0.1) is 0 Å². The number of carbonyl (C=O) groups is 1. The van der Waals surface area contributed by atoms with Crippen molar-refractivity contribution in [2.75, 3.05) is 13.1 Å². The SMILES string of the molecule is Cc1oc(C(=O)O)cc1CN1CCc2ccccc2CC1. The van der Waals surface area contributed by atoms with Gasteiger partial charge in [0.05, 0.1) is 0 Å². The minimum absolute atomic E-state index is 0.0283. The summed E-state index contributed by atoms with van der Waals surface area (Å²) < 4.78 is 5.28. The van der Waals surface area contributed by atoms with E-state index in [1.54, 1.807) is 6.07 Å². The molecule has 0 atom stereocenters. The zero-order valence-corrected chi connectivity index (χ0v) is 12.1. The van der Waals surface area contributed by atoms with Gasteiger partial charge < -0.3 is 9.52 Å². The van der Waals surface area contributed by atoms with Crippen LogP contribution in [0.1, 0.15) is 33.0 Å². The van der Waals surface area contributed by atoms with Gasteiger partial charge in [-0.1, -0.05) is 24.3 Å². The number of nitrogens with zero attached hydrogens (tertiary/aromatic N) is 1. The van der Waals surface area contributed by atoms with Crippen molar-refractivity contribution >= 4 is 5.97 Å². The van der Waals surface area contributed by atoms with Crippen LogP contribution in [0.15, 0.2) is 34.7 Å². The number of benzene rings is 1. The molecule has 3 rings (SSSR count). The van der Waals surface area contributed by atoms with Crippen molar-refractivity contribution in [3.8, 4) is 0 Å². The summed E-state index contributed by atoms with van der Waals surface area (Å²) in [5, 5.41) is 8.98. The summed E-state index contributed by atoms with van der Waals surface area (Å²) >= 11 is 0. The first-order chi connectivity index (χ1) is 10.1. The zero-order chi connectivity index (χ0) is 14.8. The summed E-state index contributed by atoms with van der Waals surface area (Å²) in [7, 11) is 0. The van der Waals surface area contributed by atoms with Crippen LogP contribution in [0, 0.1) is 6.92 Å². The fraction of sp³-hybridized carbons (Fsp3) is 0.353. The molecule has 0 fully saturated rings. The van der Waals surface area contributed by atoms with Crippen LogP contribution in [0.25, 0.3) is 0 Å². The predicted octanol–water partition coefficient (Wildman–Crippen LogP) is 2.89. The molecule has 0 saturated heterocycles. The number of aryl methyl sites for hydroxylation is 1. The van der Waals surface area contributed by atoms with Crippen molar-refractivity contribution in [3.63, 3.8) is 0 Å². The predicted molar refractivity (Wildman–Crippen MR) is 79.5 cm³/mol. The lowest BCUT2D eigenvalue weighted by atomic mass is 10.0. The molecule has 1 aliphatic rings. The van der Waals surface area contributed by atoms with Gasteiger partial charge in [-0.3, -0.25) is 4.90 Å². The van der Waals surface area contributed by atoms with Gasteiger partial charge in [0.25, 0.3) is 0 Å². The maximum absolute atomic E-state index is 11.0. The van der Waals surface area contributed by atoms with E-state index in [2.05, 4.69) is 29.2 Å². The van der Waals surface area contributed by atoms with Crippen LogP contribution in [0.5, 0.6) is 0 Å². The lowest BCUT2D eigenvalue weighted by molar-refractivity contribution is 0.0661. The molecule has 0 amide bonds. The van der Waals surface area contributed by atoms with E-state index < -0.39 is 5.97 Å². The first-order valence-corrected chi connectivity index (χ1v) is 7.25. The zero-order valence-electron chi connectivity index (χ0n) is 12.1. The summed E-state index contributed by atoms with van der Waals surface area (Å²) in [6.07, 6.45) is 2.08. The Morgan fingerprint density at radius 1 is 1.24 bits per heavy atom. The molecule has 110 valence electrons. The van der Waals surface area contributed by atoms with Gasteiger partial charge >= 0.3 is 5.97 Å². The number of aromatic carboxylic acids is 1. The summed E-state index contributed by atoms with van der Waals surface area (Å²) in [5.41, 5.74) is 3.82. The second kappa shape index (κ2) is 5.74. The lowest BCUT2D eigenvalue weighted by Crippen LogP contribution is -2.26. The Kier molecular flexibility index (Phi) is 3.80. The Balaban J connectivity index is 1.71. The Bertz CT molecular complexity index is 633. The fourth-order valence-corrected chi connectivity index (χ4v) is 2.90. The van der Waals surface area contributed by atoms with Crippen LogP contribution in [0.3, 0.4) is 0 Å². The molecule has 1 aromatic carbocycles. The summed E-state index contributed by atoms with van der Waals surface area (Å²) in [6, 6.07) is 10.2. The van der Waals surface area contributed by atoms with Crippen LogP contribution in [0.2, 0.25) is 0 Å². The maximum Gasteiger partial charge on any atom is 0.371 e. The highest BCUT2D eigenvalue weighted by Crippen LogP contribution is 2.20. The third-order valence-electron chi connectivity index (χ3n) is 4.14. The molecular weight excluding hydrogens is 266 g/mol. The van der Waals surface area contributed by atoms with Crippen molar-refractivity contribution in [3.05, 3.63) is 58.5 Å². The molecule has 2 heterocycles. The Morgan fingerprint density at radius 3 is 2.38 bits per heavy atom. The first kappa shape index (κ1) is 13.9. The topological polar surface area (TPSA) is 53.7 Å². The summed E-state index contributed by atoms with van der Waals surface area (Å²) in [4.78, 5) is 13.3. The molecule has 0 saturated carbocycles. The molecule has 0 aliphatic carbocycles. The van der Waals surface area contributed by atoms with Crippen molar-refractivity contribution in [1.29, 1.82) is 0 Å². The van der Waals surface area contributed by atoms with E-state index >= 15 is 0 Å². The number of hydrogen-bond acceptors (Lipinski definition) is 3. The number of fused-ring (bicyclic) bond motifs is 1. The Morgan fingerprint density at radius 2 is 1.86 bits per heavy atom. The standard InChI is InChI=1S/C17H19NO3/c1-12-15(10-16(21-12)17(19)20)11-18-8-6-13-4-2-3-5-14(13)7-9-18/h2-5,10H,6-9,11H2,1H3,(H,19,20). The second-order valence-electron chi connectivity index (χ2n) is 5.54. The Hall–Kier alpha value is -2.07. The van der Waals surface area contributed by atoms with Gasteiger partial charge in [0, 0.05) is 25.2 Å². The van der Waals surface area contributed by atoms with Gasteiger partial charge in [-0.05, 0) is 37.0 Å². The van der Waals surface area contributed by atoms with E-state index in [-0.39, 0.29) is 5.76 Å². The molecule has 1 aromatic heterocycles. The van der Waals surface area contributed by atoms with Gasteiger partial charge in [-0.25, -0.2) is 4.79 Å². The summed E-state index contributed by atoms with van der Waals surface area (Å²) in [6.45, 7) is 4.55. The molecule has 0 radical (unpaired) electrons. The third kappa shape index (κ3) is 3.00. The highest BCUT2D eigenvalue weighted by molar-refractivity contribution is 5.84. The van der Waals surface area contributed by atoms with Crippen LogP contribution >= 0.6 is 0 Å². The number of hydrogen-bond donors (Lipinski definition) is 1. The van der Waals surface area contributed by atoms with Crippen molar-refractivity contribution in [2.24, 2.45) is 0 Å². The second-order valence-corrected chi connectivity index (χ2v) is 5.54. The largest absolute Gasteiger partial charge is 0.475 e. The third-order valence-corrected chi connectivity index (χ3v) is 4.14. The highest BCUT2D eigenvalue weighted by atomic mass is 16.4. The molecule has 0 spiro atoms. The minimum atomic E-state index is -1.01. The maximum atomic E-state index is 11.0. The number of furan rings is 1. The van der Waals surface area contributed by atoms with Crippen molar-refractivity contribution in [1.82, 2.24) is 4.90 Å². The van der Waals surface area contributed by atoms with Crippen LogP contribution in [-0.4, -0.2) is 29.1 Å². The fourth-order valence-electron chi connectivity index (χ4n) is 2.90. The van der Waals surface area contributed by atoms with E-state index in [4.69, 9.17) is 9.52 Å². The van der Waals surface area contributed by atoms with Crippen LogP contribution in [-0.2, 0) is 19.4 Å². The molecule has 2 aromatic rings. The van der Waals surface area contributed by atoms with E-state index in [0.717, 1.165) is 38.0 Å². The van der Waals surface area contributed by atoms with Gasteiger partial charge in [0.1, 0.15) is 5.76 Å². The first-order valence-electron chi connectivity index (χ1n) is 7.25. The summed E-state index contributed by atoms with van der Waals surface area (Å²) in [5.74, 6) is -0.276. The molecule has 1 N–H and O–H groups in total. The van der Waals surface area contributed by atoms with Crippen LogP contribution < -0.4 is 0 Å². The van der Waals surface area contributed by atoms with E-state index in [9.17, 15) is 4.79 Å². The molecule has 4 heteroatoms. The molecule has 0 unspecified atom stereocenters.